The maximum Gasteiger partial charge on any atom is 0.416 e. The largest absolute Gasteiger partial charge is 0.416 e. The van der Waals surface area contributed by atoms with Crippen molar-refractivity contribution >= 4 is 23.8 Å². The highest BCUT2D eigenvalue weighted by atomic mass is 19.4. The predicted octanol–water partition coefficient (Wildman–Crippen LogP) is 5.59. The van der Waals surface area contributed by atoms with E-state index in [0.717, 1.165) is 31.2 Å². The minimum atomic E-state index is -4.59. The number of amidine groups is 1. The van der Waals surface area contributed by atoms with Gasteiger partial charge in [0, 0.05) is 30.4 Å². The van der Waals surface area contributed by atoms with Crippen LogP contribution in [0.3, 0.4) is 0 Å². The summed E-state index contributed by atoms with van der Waals surface area (Å²) in [4.78, 5) is 16.5. The van der Waals surface area contributed by atoms with Gasteiger partial charge in [-0.3, -0.25) is 15.6 Å². The number of aliphatic hydroxyl groups excluding tert-OH is 1. The number of benzene rings is 2. The molecule has 6 rings (SSSR count). The second-order valence-corrected chi connectivity index (χ2v) is 13.0. The van der Waals surface area contributed by atoms with E-state index in [0.29, 0.717) is 36.9 Å². The Morgan fingerprint density at radius 1 is 1.22 bits per heavy atom. The van der Waals surface area contributed by atoms with Crippen LogP contribution in [0.2, 0.25) is 0 Å². The molecule has 3 saturated carbocycles. The molecule has 218 valence electrons. The number of nitrogens with one attached hydrogen (secondary N) is 3. The number of carbonyl (C=O) groups excluding carboxylic acids is 1. The van der Waals surface area contributed by atoms with Gasteiger partial charge in [0.2, 0.25) is 0 Å². The van der Waals surface area contributed by atoms with Gasteiger partial charge in [0.05, 0.1) is 30.0 Å². The predicted molar refractivity (Wildman–Crippen MR) is 150 cm³/mol. The molecule has 0 saturated heterocycles. The van der Waals surface area contributed by atoms with Gasteiger partial charge >= 0.3 is 6.18 Å². The van der Waals surface area contributed by atoms with Gasteiger partial charge in [-0.1, -0.05) is 12.1 Å². The lowest BCUT2D eigenvalue weighted by molar-refractivity contribution is -0.138. The van der Waals surface area contributed by atoms with Gasteiger partial charge in [0.1, 0.15) is 5.84 Å². The molecule has 4 aliphatic rings. The molecule has 1 amide bonds. The van der Waals surface area contributed by atoms with Crippen molar-refractivity contribution in [2.24, 2.45) is 5.41 Å². The van der Waals surface area contributed by atoms with E-state index in [9.17, 15) is 23.1 Å². The lowest BCUT2D eigenvalue weighted by Gasteiger charge is -2.63. The summed E-state index contributed by atoms with van der Waals surface area (Å²) in [5.41, 5.74) is 0.184. The number of carbonyl (C=O) groups is 1. The monoisotopic (exact) mass is 567 g/mol. The van der Waals surface area contributed by atoms with Crippen molar-refractivity contribution in [1.29, 1.82) is 10.8 Å². The summed E-state index contributed by atoms with van der Waals surface area (Å²) in [6, 6.07) is 9.97. The first-order valence-electron chi connectivity index (χ1n) is 14.2. The number of hydrogen-bond acceptors (Lipinski definition) is 5. The highest BCUT2D eigenvalue weighted by Crippen LogP contribution is 2.65. The van der Waals surface area contributed by atoms with Crippen LogP contribution in [0, 0.1) is 16.2 Å². The van der Waals surface area contributed by atoms with Crippen molar-refractivity contribution < 1.29 is 23.1 Å². The molecule has 0 unspecified atom stereocenters. The minimum absolute atomic E-state index is 0.0106. The van der Waals surface area contributed by atoms with Gasteiger partial charge in [0.15, 0.2) is 0 Å². The van der Waals surface area contributed by atoms with Crippen molar-refractivity contribution in [3.05, 3.63) is 64.2 Å². The van der Waals surface area contributed by atoms with Crippen molar-refractivity contribution in [2.45, 2.75) is 88.2 Å². The van der Waals surface area contributed by atoms with Crippen LogP contribution in [-0.4, -0.2) is 46.8 Å². The normalized spacial score (nSPS) is 28.0. The number of aliphatic hydroxyl groups is 1. The zero-order chi connectivity index (χ0) is 29.4. The number of fused-ring (bicyclic) bond motifs is 1. The molecular formula is C31H36F3N5O2. The molecule has 3 aliphatic carbocycles. The Labute approximate surface area is 237 Å². The summed E-state index contributed by atoms with van der Waals surface area (Å²) in [7, 11) is 1.65. The Morgan fingerprint density at radius 3 is 2.51 bits per heavy atom. The van der Waals surface area contributed by atoms with Gasteiger partial charge in [-0.15, -0.1) is 0 Å². The highest BCUT2D eigenvalue weighted by Gasteiger charge is 2.62. The fourth-order valence-corrected chi connectivity index (χ4v) is 7.57. The first-order chi connectivity index (χ1) is 19.3. The zero-order valence-electron chi connectivity index (χ0n) is 23.4. The van der Waals surface area contributed by atoms with Crippen LogP contribution >= 0.6 is 0 Å². The van der Waals surface area contributed by atoms with Gasteiger partial charge in [-0.05, 0) is 98.2 Å². The number of halogens is 3. The molecule has 0 radical (unpaired) electrons. The summed E-state index contributed by atoms with van der Waals surface area (Å²) >= 11 is 0. The maximum absolute atomic E-state index is 14.2. The van der Waals surface area contributed by atoms with Crippen LogP contribution in [-0.2, 0) is 24.7 Å². The molecule has 2 aromatic carbocycles. The van der Waals surface area contributed by atoms with Crippen LogP contribution in [0.1, 0.15) is 84.5 Å². The van der Waals surface area contributed by atoms with E-state index in [1.54, 1.807) is 25.2 Å². The van der Waals surface area contributed by atoms with Crippen LogP contribution < -0.4 is 10.2 Å². The molecule has 0 aromatic heterocycles. The van der Waals surface area contributed by atoms with Crippen LogP contribution in [0.15, 0.2) is 36.4 Å². The summed E-state index contributed by atoms with van der Waals surface area (Å²) < 4.78 is 42.7. The third-order valence-electron chi connectivity index (χ3n) is 9.98. The molecule has 1 heterocycles. The molecule has 0 atom stereocenters. The molecule has 7 nitrogen and oxygen atoms in total. The third kappa shape index (κ3) is 4.55. The average Bonchev–Trinajstić information content (AvgIpc) is 3.21. The quantitative estimate of drug-likeness (QED) is 0.259. The Bertz CT molecular complexity index is 1420. The molecule has 0 bridgehead atoms. The van der Waals surface area contributed by atoms with Gasteiger partial charge in [-0.2, -0.15) is 13.2 Å². The third-order valence-corrected chi connectivity index (χ3v) is 9.98. The van der Waals surface area contributed by atoms with Crippen molar-refractivity contribution in [3.8, 4) is 0 Å². The number of amides is 1. The van der Waals surface area contributed by atoms with E-state index in [-0.39, 0.29) is 47.1 Å². The maximum atomic E-state index is 14.2. The number of likely N-dealkylation sites (N-methyl/N-ethyl adjacent to an activating group) is 1. The smallest absolute Gasteiger partial charge is 0.393 e. The van der Waals surface area contributed by atoms with E-state index in [1.807, 2.05) is 12.1 Å². The Morgan fingerprint density at radius 2 is 1.93 bits per heavy atom. The van der Waals surface area contributed by atoms with E-state index >= 15 is 0 Å². The van der Waals surface area contributed by atoms with E-state index in [2.05, 4.69) is 12.2 Å². The van der Waals surface area contributed by atoms with Crippen molar-refractivity contribution in [3.63, 3.8) is 0 Å². The summed E-state index contributed by atoms with van der Waals surface area (Å²) in [6.45, 7) is 2.15. The highest BCUT2D eigenvalue weighted by molar-refractivity contribution is 6.10. The fraction of sp³-hybridized carbons (Fsp3) is 0.516. The van der Waals surface area contributed by atoms with E-state index < -0.39 is 23.1 Å². The lowest BCUT2D eigenvalue weighted by atomic mass is 9.42. The summed E-state index contributed by atoms with van der Waals surface area (Å²) in [5, 5.41) is 29.9. The van der Waals surface area contributed by atoms with E-state index in [1.165, 1.54) is 15.9 Å². The fourth-order valence-electron chi connectivity index (χ4n) is 7.57. The van der Waals surface area contributed by atoms with Gasteiger partial charge in [-0.25, -0.2) is 0 Å². The molecule has 1 aliphatic heterocycles. The Hall–Kier alpha value is -3.24. The summed E-state index contributed by atoms with van der Waals surface area (Å²) in [5.74, 6) is -0.211. The molecule has 10 heteroatoms. The van der Waals surface area contributed by atoms with Crippen molar-refractivity contribution in [2.75, 3.05) is 11.9 Å². The first kappa shape index (κ1) is 27.9. The molecule has 1 spiro atoms. The molecule has 41 heavy (non-hydrogen) atoms. The molecular weight excluding hydrogens is 531 g/mol. The zero-order valence-corrected chi connectivity index (χ0v) is 23.4. The van der Waals surface area contributed by atoms with Crippen LogP contribution in [0.5, 0.6) is 0 Å². The number of hydrogen-bond donors (Lipinski definition) is 4. The van der Waals surface area contributed by atoms with Crippen LogP contribution in [0.25, 0.3) is 0 Å². The topological polar surface area (TPSA) is 104 Å². The minimum Gasteiger partial charge on any atom is -0.393 e. The van der Waals surface area contributed by atoms with Gasteiger partial charge in [0.25, 0.3) is 5.91 Å². The Kier molecular flexibility index (Phi) is 6.39. The average molecular weight is 568 g/mol. The lowest BCUT2D eigenvalue weighted by Crippen LogP contribution is -2.62. The van der Waals surface area contributed by atoms with Crippen molar-refractivity contribution in [1.82, 2.24) is 10.2 Å². The Balaban J connectivity index is 1.32. The molecule has 3 fully saturated rings. The molecule has 4 N–H and O–H groups in total. The van der Waals surface area contributed by atoms with Crippen LogP contribution in [0.4, 0.5) is 18.9 Å². The number of anilines is 1. The number of rotatable bonds is 7. The molecule has 2 aromatic rings. The standard InChI is InChI=1S/C31H36F3N5O2/c1-28(7-4-8-28)37-14-19-9-23-24(25(10-19)31(32,33)34)15-39(26(23)41)21-6-3-5-20(11-21)30(27(36)38(2)18-35)16-29(17-30)12-22(40)13-29/h3,5-6,9-11,18,22,35-37,40H,4,7-8,12-17H2,1-2H3. The first-order valence-corrected chi connectivity index (χ1v) is 14.2. The second kappa shape index (κ2) is 9.39. The van der Waals surface area contributed by atoms with E-state index in [4.69, 9.17) is 10.8 Å². The number of nitrogens with zero attached hydrogens (tertiary/aromatic N) is 2. The van der Waals surface area contributed by atoms with Gasteiger partial charge < -0.3 is 20.2 Å². The SMILES string of the molecule is CN(C=N)C(=N)C1(c2cccc(N3Cc4c(cc(CNC5(C)CCC5)cc4C(F)(F)F)C3=O)c2)CC2(CC(O)C2)C1. The summed E-state index contributed by atoms with van der Waals surface area (Å²) in [6.07, 6.45) is 1.82. The number of alkyl halides is 3. The second-order valence-electron chi connectivity index (χ2n) is 13.0.